The van der Waals surface area contributed by atoms with Crippen LogP contribution in [0, 0.1) is 5.82 Å². The van der Waals surface area contributed by atoms with Crippen molar-refractivity contribution in [1.82, 2.24) is 5.32 Å². The first-order chi connectivity index (χ1) is 8.16. The fourth-order valence-electron chi connectivity index (χ4n) is 2.17. The third kappa shape index (κ3) is 3.03. The summed E-state index contributed by atoms with van der Waals surface area (Å²) in [6.45, 7) is 0. The van der Waals surface area contributed by atoms with Gasteiger partial charge in [0.2, 0.25) is 0 Å². The number of carbonyl (C=O) groups excluding carboxylic acids is 1. The summed E-state index contributed by atoms with van der Waals surface area (Å²) < 4.78 is 13.4. The lowest BCUT2D eigenvalue weighted by Crippen LogP contribution is -2.40. The summed E-state index contributed by atoms with van der Waals surface area (Å²) in [6.07, 6.45) is 3.59. The molecule has 1 aromatic rings. The number of nitrogens with two attached hydrogens (primary N) is 1. The first-order valence-electron chi connectivity index (χ1n) is 5.98. The third-order valence-corrected chi connectivity index (χ3v) is 3.23. The van der Waals surface area contributed by atoms with E-state index in [0.717, 1.165) is 25.7 Å². The van der Waals surface area contributed by atoms with Crippen LogP contribution in [0.1, 0.15) is 36.0 Å². The highest BCUT2D eigenvalue weighted by Gasteiger charge is 2.21. The van der Waals surface area contributed by atoms with Crippen molar-refractivity contribution in [1.29, 1.82) is 0 Å². The number of carbonyl (C=O) groups is 1. The summed E-state index contributed by atoms with van der Waals surface area (Å²) in [4.78, 5) is 11.8. The molecule has 0 aromatic heterocycles. The lowest BCUT2D eigenvalue weighted by atomic mass is 9.91. The van der Waals surface area contributed by atoms with Gasteiger partial charge in [-0.2, -0.15) is 0 Å². The van der Waals surface area contributed by atoms with Crippen LogP contribution in [0.2, 0.25) is 0 Å². The Kier molecular flexibility index (Phi) is 3.74. The Balaban J connectivity index is 1.96. The highest BCUT2D eigenvalue weighted by molar-refractivity contribution is 5.94. The maximum absolute atomic E-state index is 13.4. The first kappa shape index (κ1) is 12.0. The van der Waals surface area contributed by atoms with Crippen LogP contribution in [0.5, 0.6) is 0 Å². The molecule has 0 bridgehead atoms. The predicted molar refractivity (Wildman–Crippen MR) is 64.1 cm³/mol. The molecule has 1 saturated carbocycles. The van der Waals surface area contributed by atoms with E-state index in [1.807, 2.05) is 0 Å². The molecule has 1 aliphatic rings. The molecule has 92 valence electrons. The van der Waals surface area contributed by atoms with Gasteiger partial charge in [0.15, 0.2) is 0 Å². The summed E-state index contributed by atoms with van der Waals surface area (Å²) in [5, 5.41) is 2.86. The van der Waals surface area contributed by atoms with Crippen molar-refractivity contribution in [2.75, 3.05) is 0 Å². The van der Waals surface area contributed by atoms with Crippen LogP contribution in [0.25, 0.3) is 0 Å². The standard InChI is InChI=1S/C13H17FN2O/c14-12-4-2-1-3-11(12)13(17)16-10-7-5-9(15)6-8-10/h1-4,9-10H,5-8,15H2,(H,16,17). The highest BCUT2D eigenvalue weighted by atomic mass is 19.1. The van der Waals surface area contributed by atoms with E-state index in [9.17, 15) is 9.18 Å². The van der Waals surface area contributed by atoms with Crippen LogP contribution in [0.4, 0.5) is 4.39 Å². The number of amides is 1. The fourth-order valence-corrected chi connectivity index (χ4v) is 2.17. The minimum Gasteiger partial charge on any atom is -0.349 e. The monoisotopic (exact) mass is 236 g/mol. The Hall–Kier alpha value is -1.42. The predicted octanol–water partition coefficient (Wildman–Crippen LogP) is 1.83. The molecule has 1 aromatic carbocycles. The van der Waals surface area contributed by atoms with Crippen molar-refractivity contribution in [3.05, 3.63) is 35.6 Å². The van der Waals surface area contributed by atoms with E-state index in [1.165, 1.54) is 12.1 Å². The molecule has 3 nitrogen and oxygen atoms in total. The molecular weight excluding hydrogens is 219 g/mol. The summed E-state index contributed by atoms with van der Waals surface area (Å²) in [5.74, 6) is -0.805. The minimum absolute atomic E-state index is 0.113. The van der Waals surface area contributed by atoms with Crippen molar-refractivity contribution in [2.24, 2.45) is 5.73 Å². The number of hydrogen-bond acceptors (Lipinski definition) is 2. The van der Waals surface area contributed by atoms with Crippen LogP contribution in [0.15, 0.2) is 24.3 Å². The number of hydrogen-bond donors (Lipinski definition) is 2. The van der Waals surface area contributed by atoms with Gasteiger partial charge < -0.3 is 11.1 Å². The molecule has 4 heteroatoms. The largest absolute Gasteiger partial charge is 0.349 e. The topological polar surface area (TPSA) is 55.1 Å². The molecular formula is C13H17FN2O. The van der Waals surface area contributed by atoms with E-state index in [4.69, 9.17) is 5.73 Å². The molecule has 0 spiro atoms. The van der Waals surface area contributed by atoms with Crippen molar-refractivity contribution in [2.45, 2.75) is 37.8 Å². The summed E-state index contributed by atoms with van der Waals surface area (Å²) >= 11 is 0. The van der Waals surface area contributed by atoms with Gasteiger partial charge in [-0.1, -0.05) is 12.1 Å². The van der Waals surface area contributed by atoms with Gasteiger partial charge in [-0.15, -0.1) is 0 Å². The summed E-state index contributed by atoms with van der Waals surface area (Å²) in [5.41, 5.74) is 5.90. The molecule has 1 aliphatic carbocycles. The normalized spacial score (nSPS) is 24.4. The van der Waals surface area contributed by atoms with Gasteiger partial charge in [-0.05, 0) is 37.8 Å². The Labute approximate surface area is 100 Å². The molecule has 17 heavy (non-hydrogen) atoms. The van der Waals surface area contributed by atoms with E-state index in [2.05, 4.69) is 5.32 Å². The second-order valence-corrected chi connectivity index (χ2v) is 4.57. The third-order valence-electron chi connectivity index (χ3n) is 3.23. The molecule has 3 N–H and O–H groups in total. The quantitative estimate of drug-likeness (QED) is 0.823. The van der Waals surface area contributed by atoms with Crippen LogP contribution < -0.4 is 11.1 Å². The molecule has 0 aliphatic heterocycles. The van der Waals surface area contributed by atoms with Gasteiger partial charge in [-0.25, -0.2) is 4.39 Å². The fraction of sp³-hybridized carbons (Fsp3) is 0.462. The number of nitrogens with one attached hydrogen (secondary N) is 1. The maximum Gasteiger partial charge on any atom is 0.254 e. The first-order valence-corrected chi connectivity index (χ1v) is 5.98. The molecule has 0 atom stereocenters. The van der Waals surface area contributed by atoms with Crippen molar-refractivity contribution < 1.29 is 9.18 Å². The van der Waals surface area contributed by atoms with Crippen molar-refractivity contribution in [3.63, 3.8) is 0 Å². The lowest BCUT2D eigenvalue weighted by molar-refractivity contribution is 0.0922. The van der Waals surface area contributed by atoms with E-state index < -0.39 is 5.82 Å². The second kappa shape index (κ2) is 5.27. The Morgan fingerprint density at radius 2 is 1.88 bits per heavy atom. The van der Waals surface area contributed by atoms with E-state index in [1.54, 1.807) is 12.1 Å². The van der Waals surface area contributed by atoms with Crippen LogP contribution >= 0.6 is 0 Å². The molecule has 1 fully saturated rings. The number of halogens is 1. The Morgan fingerprint density at radius 1 is 1.24 bits per heavy atom. The summed E-state index contributed by atoms with van der Waals surface area (Å²) in [6, 6.07) is 6.41. The van der Waals surface area contributed by atoms with Crippen molar-refractivity contribution in [3.8, 4) is 0 Å². The molecule has 0 heterocycles. The van der Waals surface area contributed by atoms with Crippen LogP contribution in [0.3, 0.4) is 0 Å². The Bertz CT molecular complexity index is 400. The number of benzene rings is 1. The smallest absolute Gasteiger partial charge is 0.254 e. The van der Waals surface area contributed by atoms with Gasteiger partial charge >= 0.3 is 0 Å². The highest BCUT2D eigenvalue weighted by Crippen LogP contribution is 2.17. The molecule has 0 radical (unpaired) electrons. The van der Waals surface area contributed by atoms with Gasteiger partial charge in [-0.3, -0.25) is 4.79 Å². The minimum atomic E-state index is -0.475. The van der Waals surface area contributed by atoms with E-state index in [0.29, 0.717) is 0 Å². The number of rotatable bonds is 2. The van der Waals surface area contributed by atoms with E-state index in [-0.39, 0.29) is 23.6 Å². The zero-order valence-electron chi connectivity index (χ0n) is 9.66. The van der Waals surface area contributed by atoms with Gasteiger partial charge in [0, 0.05) is 12.1 Å². The second-order valence-electron chi connectivity index (χ2n) is 4.57. The lowest BCUT2D eigenvalue weighted by Gasteiger charge is -2.26. The molecule has 2 rings (SSSR count). The van der Waals surface area contributed by atoms with Crippen molar-refractivity contribution >= 4 is 5.91 Å². The summed E-state index contributed by atoms with van der Waals surface area (Å²) in [7, 11) is 0. The van der Waals surface area contributed by atoms with Crippen LogP contribution in [-0.4, -0.2) is 18.0 Å². The van der Waals surface area contributed by atoms with Gasteiger partial charge in [0.05, 0.1) is 5.56 Å². The van der Waals surface area contributed by atoms with E-state index >= 15 is 0 Å². The van der Waals surface area contributed by atoms with Gasteiger partial charge in [0.1, 0.15) is 5.82 Å². The molecule has 0 saturated heterocycles. The van der Waals surface area contributed by atoms with Crippen LogP contribution in [-0.2, 0) is 0 Å². The zero-order chi connectivity index (χ0) is 12.3. The molecule has 0 unspecified atom stereocenters. The molecule has 1 amide bonds. The Morgan fingerprint density at radius 3 is 2.53 bits per heavy atom. The zero-order valence-corrected chi connectivity index (χ0v) is 9.66. The average molecular weight is 236 g/mol. The maximum atomic E-state index is 13.4. The average Bonchev–Trinajstić information content (AvgIpc) is 2.32. The van der Waals surface area contributed by atoms with Gasteiger partial charge in [0.25, 0.3) is 5.91 Å². The SMILES string of the molecule is NC1CCC(NC(=O)c2ccccc2F)CC1.